The molecule has 3 rings (SSSR count). The Kier molecular flexibility index (Phi) is 8.78. The molecule has 1 aliphatic rings. The fraction of sp³-hybridized carbons (Fsp3) is 0.444. The van der Waals surface area contributed by atoms with Crippen molar-refractivity contribution in [3.63, 3.8) is 0 Å². The average Bonchev–Trinajstić information content (AvgIpc) is 2.78. The maximum absolute atomic E-state index is 12.6. The van der Waals surface area contributed by atoms with E-state index in [1.54, 1.807) is 18.2 Å². The van der Waals surface area contributed by atoms with E-state index in [4.69, 9.17) is 23.8 Å². The van der Waals surface area contributed by atoms with Crippen molar-refractivity contribution in [3.8, 4) is 0 Å². The zero-order valence-electron chi connectivity index (χ0n) is 21.2. The fourth-order valence-electron chi connectivity index (χ4n) is 3.98. The number of benzene rings is 2. The van der Waals surface area contributed by atoms with Crippen LogP contribution in [0.3, 0.4) is 0 Å². The molecule has 8 heteroatoms. The quantitative estimate of drug-likeness (QED) is 0.519. The first-order valence-corrected chi connectivity index (χ1v) is 12.8. The Morgan fingerprint density at radius 1 is 1.03 bits per heavy atom. The number of halogens is 1. The molecule has 0 spiro atoms. The van der Waals surface area contributed by atoms with Gasteiger partial charge < -0.3 is 15.1 Å². The highest BCUT2D eigenvalue weighted by Gasteiger charge is 2.23. The molecular formula is C27H35ClN4O2S. The molecule has 2 aromatic carbocycles. The van der Waals surface area contributed by atoms with Gasteiger partial charge in [0.1, 0.15) is 0 Å². The summed E-state index contributed by atoms with van der Waals surface area (Å²) in [7, 11) is 0. The summed E-state index contributed by atoms with van der Waals surface area (Å²) in [5.74, 6) is 0.307. The maximum Gasteiger partial charge on any atom is 0.257 e. The first-order valence-electron chi connectivity index (χ1n) is 12.0. The van der Waals surface area contributed by atoms with Crippen molar-refractivity contribution in [1.29, 1.82) is 0 Å². The maximum atomic E-state index is 12.6. The van der Waals surface area contributed by atoms with Crippen LogP contribution in [-0.2, 0) is 10.2 Å². The van der Waals surface area contributed by atoms with Crippen molar-refractivity contribution in [1.82, 2.24) is 10.2 Å². The number of carbonyl (C=O) groups excluding carboxylic acids is 2. The number of hydrogen-bond acceptors (Lipinski definition) is 4. The van der Waals surface area contributed by atoms with Crippen LogP contribution in [0, 0.1) is 5.92 Å². The second kappa shape index (κ2) is 11.4. The molecule has 1 aliphatic heterocycles. The van der Waals surface area contributed by atoms with Crippen LogP contribution in [0.15, 0.2) is 42.5 Å². The Hall–Kier alpha value is -2.64. The molecule has 0 bridgehead atoms. The van der Waals surface area contributed by atoms with E-state index in [2.05, 4.69) is 50.2 Å². The largest absolute Gasteiger partial charge is 0.367 e. The highest BCUT2D eigenvalue weighted by molar-refractivity contribution is 7.80. The molecule has 2 N–H and O–H groups in total. The molecular weight excluding hydrogens is 480 g/mol. The fourth-order valence-corrected chi connectivity index (χ4v) is 4.49. The van der Waals surface area contributed by atoms with Crippen LogP contribution in [0.2, 0.25) is 5.02 Å². The number of rotatable bonds is 5. The first kappa shape index (κ1) is 27.0. The van der Waals surface area contributed by atoms with Gasteiger partial charge in [-0.05, 0) is 59.4 Å². The van der Waals surface area contributed by atoms with Crippen LogP contribution < -0.4 is 15.5 Å². The van der Waals surface area contributed by atoms with Crippen LogP contribution in [0.1, 0.15) is 57.0 Å². The molecule has 1 heterocycles. The number of hydrogen-bond donors (Lipinski definition) is 2. The standard InChI is InChI=1S/C27H35ClN4O2S/c1-18(2)16-24(33)32-14-12-31(13-15-32)23-11-10-21(17-22(23)28)29-26(35)30-25(34)19-6-8-20(9-7-19)27(3,4)5/h6-11,17-18H,12-16H2,1-5H3,(H2,29,30,34,35). The Balaban J connectivity index is 1.55. The van der Waals surface area contributed by atoms with Gasteiger partial charge in [0.2, 0.25) is 5.91 Å². The summed E-state index contributed by atoms with van der Waals surface area (Å²) in [6, 6.07) is 13.2. The third-order valence-electron chi connectivity index (χ3n) is 6.00. The lowest BCUT2D eigenvalue weighted by Gasteiger charge is -2.37. The number of piperazine rings is 1. The van der Waals surface area contributed by atoms with E-state index < -0.39 is 0 Å². The molecule has 188 valence electrons. The summed E-state index contributed by atoms with van der Waals surface area (Å²) in [6.07, 6.45) is 0.583. The van der Waals surface area contributed by atoms with Gasteiger partial charge in [-0.15, -0.1) is 0 Å². The molecule has 6 nitrogen and oxygen atoms in total. The molecule has 0 saturated carbocycles. The number of thiocarbonyl (C=S) groups is 1. The molecule has 0 atom stereocenters. The number of anilines is 2. The summed E-state index contributed by atoms with van der Waals surface area (Å²) in [5.41, 5.74) is 3.34. The van der Waals surface area contributed by atoms with Crippen molar-refractivity contribution in [2.45, 2.75) is 46.5 Å². The number of nitrogens with one attached hydrogen (secondary N) is 2. The van der Waals surface area contributed by atoms with Gasteiger partial charge in [-0.1, -0.05) is 58.4 Å². The monoisotopic (exact) mass is 514 g/mol. The lowest BCUT2D eigenvalue weighted by atomic mass is 9.87. The SMILES string of the molecule is CC(C)CC(=O)N1CCN(c2ccc(NC(=S)NC(=O)c3ccc(C(C)(C)C)cc3)cc2Cl)CC1. The van der Waals surface area contributed by atoms with Crippen LogP contribution in [-0.4, -0.2) is 48.0 Å². The van der Waals surface area contributed by atoms with Crippen molar-refractivity contribution < 1.29 is 9.59 Å². The minimum Gasteiger partial charge on any atom is -0.367 e. The van der Waals surface area contributed by atoms with Crippen molar-refractivity contribution in [3.05, 3.63) is 58.6 Å². The first-order chi connectivity index (χ1) is 16.4. The van der Waals surface area contributed by atoms with Gasteiger partial charge in [-0.3, -0.25) is 14.9 Å². The van der Waals surface area contributed by atoms with E-state index >= 15 is 0 Å². The molecule has 0 aromatic heterocycles. The minimum atomic E-state index is -0.268. The van der Waals surface area contributed by atoms with Crippen LogP contribution in [0.25, 0.3) is 0 Å². The highest BCUT2D eigenvalue weighted by atomic mass is 35.5. The van der Waals surface area contributed by atoms with Gasteiger partial charge in [-0.25, -0.2) is 0 Å². The molecule has 35 heavy (non-hydrogen) atoms. The highest BCUT2D eigenvalue weighted by Crippen LogP contribution is 2.30. The summed E-state index contributed by atoms with van der Waals surface area (Å²) in [4.78, 5) is 29.0. The second-order valence-corrected chi connectivity index (χ2v) is 11.2. The van der Waals surface area contributed by atoms with E-state index in [0.29, 0.717) is 41.7 Å². The van der Waals surface area contributed by atoms with Gasteiger partial charge in [0.15, 0.2) is 5.11 Å². The van der Waals surface area contributed by atoms with Crippen molar-refractivity contribution >= 4 is 52.1 Å². The zero-order valence-corrected chi connectivity index (χ0v) is 22.7. The third kappa shape index (κ3) is 7.42. The van der Waals surface area contributed by atoms with E-state index in [1.807, 2.05) is 29.2 Å². The number of nitrogens with zero attached hydrogens (tertiary/aromatic N) is 2. The molecule has 0 unspecified atom stereocenters. The lowest BCUT2D eigenvalue weighted by molar-refractivity contribution is -0.132. The van der Waals surface area contributed by atoms with Gasteiger partial charge in [0, 0.05) is 43.9 Å². The minimum absolute atomic E-state index is 0.0239. The van der Waals surface area contributed by atoms with Gasteiger partial charge in [-0.2, -0.15) is 0 Å². The van der Waals surface area contributed by atoms with Crippen molar-refractivity contribution in [2.24, 2.45) is 5.92 Å². The Bertz CT molecular complexity index is 1070. The molecule has 0 radical (unpaired) electrons. The summed E-state index contributed by atoms with van der Waals surface area (Å²) >= 11 is 11.9. The van der Waals surface area contributed by atoms with Crippen molar-refractivity contribution in [2.75, 3.05) is 36.4 Å². The zero-order chi connectivity index (χ0) is 25.8. The van der Waals surface area contributed by atoms with E-state index in [9.17, 15) is 9.59 Å². The summed E-state index contributed by atoms with van der Waals surface area (Å²) in [6.45, 7) is 13.4. The molecule has 2 amide bonds. The average molecular weight is 515 g/mol. The number of amides is 2. The summed E-state index contributed by atoms with van der Waals surface area (Å²) in [5, 5.41) is 6.54. The Labute approximate surface area is 219 Å². The molecule has 2 aromatic rings. The van der Waals surface area contributed by atoms with Crippen LogP contribution in [0.5, 0.6) is 0 Å². The number of carbonyl (C=O) groups is 2. The third-order valence-corrected chi connectivity index (χ3v) is 6.51. The molecule has 1 saturated heterocycles. The Morgan fingerprint density at radius 2 is 1.66 bits per heavy atom. The normalized spacial score (nSPS) is 14.1. The second-order valence-electron chi connectivity index (χ2n) is 10.4. The summed E-state index contributed by atoms with van der Waals surface area (Å²) < 4.78 is 0. The van der Waals surface area contributed by atoms with Crippen LogP contribution >= 0.6 is 23.8 Å². The van der Waals surface area contributed by atoms with Gasteiger partial charge in [0.25, 0.3) is 5.91 Å². The van der Waals surface area contributed by atoms with E-state index in [-0.39, 0.29) is 22.3 Å². The topological polar surface area (TPSA) is 64.7 Å². The van der Waals surface area contributed by atoms with E-state index in [0.717, 1.165) is 24.3 Å². The predicted molar refractivity (Wildman–Crippen MR) is 149 cm³/mol. The molecule has 0 aliphatic carbocycles. The Morgan fingerprint density at radius 3 is 2.20 bits per heavy atom. The van der Waals surface area contributed by atoms with E-state index in [1.165, 1.54) is 0 Å². The van der Waals surface area contributed by atoms with Gasteiger partial charge >= 0.3 is 0 Å². The van der Waals surface area contributed by atoms with Crippen LogP contribution in [0.4, 0.5) is 11.4 Å². The molecule has 1 fully saturated rings. The predicted octanol–water partition coefficient (Wildman–Crippen LogP) is 5.46. The lowest BCUT2D eigenvalue weighted by Crippen LogP contribution is -2.49. The van der Waals surface area contributed by atoms with Gasteiger partial charge in [0.05, 0.1) is 10.7 Å². The smallest absolute Gasteiger partial charge is 0.257 e.